The van der Waals surface area contributed by atoms with E-state index in [0.717, 1.165) is 5.56 Å². The lowest BCUT2D eigenvalue weighted by molar-refractivity contribution is -0.158. The first kappa shape index (κ1) is 21.2. The van der Waals surface area contributed by atoms with E-state index in [1.807, 2.05) is 37.3 Å². The number of hydrogen-bond acceptors (Lipinski definition) is 5. The van der Waals surface area contributed by atoms with Gasteiger partial charge in [-0.25, -0.2) is 9.59 Å². The number of methoxy groups -OCH3 is 1. The number of likely N-dealkylation sites (N-methyl/N-ethyl adjacent to an activating group) is 1. The van der Waals surface area contributed by atoms with Gasteiger partial charge in [-0.05, 0) is 18.4 Å². The van der Waals surface area contributed by atoms with Crippen LogP contribution < -0.4 is 0 Å². The van der Waals surface area contributed by atoms with Crippen molar-refractivity contribution in [1.82, 2.24) is 9.80 Å². The lowest BCUT2D eigenvalue weighted by Gasteiger charge is -2.49. The quantitative estimate of drug-likeness (QED) is 0.297. The van der Waals surface area contributed by atoms with Gasteiger partial charge in [0.15, 0.2) is 0 Å². The molecule has 1 saturated heterocycles. The summed E-state index contributed by atoms with van der Waals surface area (Å²) in [4.78, 5) is 40.0. The molecule has 2 amide bonds. The van der Waals surface area contributed by atoms with Gasteiger partial charge in [-0.15, -0.1) is 6.58 Å². The van der Waals surface area contributed by atoms with E-state index in [4.69, 9.17) is 9.47 Å². The van der Waals surface area contributed by atoms with Crippen molar-refractivity contribution in [2.75, 3.05) is 14.2 Å². The molecule has 1 aromatic carbocycles. The highest BCUT2D eigenvalue weighted by Crippen LogP contribution is 2.32. The standard InChI is InChI=1S/C21H26N2O5/c1-5-10-16-18(19(24)23(16)17(11-6-2)20(25)27-4)22(3)21(26)28-14-15-12-8-7-9-13-15/h5,7-9,11-13,16,18H,1,6,10,14H2,2-4H3/b17-11+/t16-,18-/m1/s1. The number of carbonyl (C=O) groups excluding carboxylic acids is 3. The number of likely N-dealkylation sites (tertiary alicyclic amines) is 1. The molecule has 1 aliphatic heterocycles. The van der Waals surface area contributed by atoms with Crippen LogP contribution in [0.15, 0.2) is 54.8 Å². The SMILES string of the molecule is C=CC[C@@H]1[C@@H](N(C)C(=O)OCc2ccccc2)C(=O)N1/C(=C/CC)C(=O)OC. The van der Waals surface area contributed by atoms with Crippen LogP contribution in [0, 0.1) is 0 Å². The largest absolute Gasteiger partial charge is 0.464 e. The molecule has 0 aromatic heterocycles. The highest BCUT2D eigenvalue weighted by Gasteiger charge is 2.53. The van der Waals surface area contributed by atoms with E-state index in [-0.39, 0.29) is 18.2 Å². The molecule has 1 aliphatic rings. The fourth-order valence-electron chi connectivity index (χ4n) is 3.17. The average Bonchev–Trinajstić information content (AvgIpc) is 2.71. The summed E-state index contributed by atoms with van der Waals surface area (Å²) in [6, 6.07) is 8.15. The minimum Gasteiger partial charge on any atom is -0.464 e. The fourth-order valence-corrected chi connectivity index (χ4v) is 3.17. The molecule has 0 radical (unpaired) electrons. The Kier molecular flexibility index (Phi) is 7.37. The minimum absolute atomic E-state index is 0.115. The lowest BCUT2D eigenvalue weighted by Crippen LogP contribution is -2.70. The van der Waals surface area contributed by atoms with Crippen LogP contribution >= 0.6 is 0 Å². The second-order valence-corrected chi connectivity index (χ2v) is 6.39. The first-order valence-electron chi connectivity index (χ1n) is 9.12. The number of allylic oxidation sites excluding steroid dienone is 1. The van der Waals surface area contributed by atoms with Crippen molar-refractivity contribution >= 4 is 18.0 Å². The van der Waals surface area contributed by atoms with Crippen molar-refractivity contribution < 1.29 is 23.9 Å². The summed E-state index contributed by atoms with van der Waals surface area (Å²) in [5.41, 5.74) is 1.04. The maximum Gasteiger partial charge on any atom is 0.410 e. The summed E-state index contributed by atoms with van der Waals surface area (Å²) in [5.74, 6) is -0.937. The van der Waals surface area contributed by atoms with E-state index in [0.29, 0.717) is 12.8 Å². The van der Waals surface area contributed by atoms with Crippen LogP contribution in [-0.2, 0) is 25.7 Å². The Labute approximate surface area is 165 Å². The Hall–Kier alpha value is -3.09. The lowest BCUT2D eigenvalue weighted by atomic mass is 9.90. The van der Waals surface area contributed by atoms with Crippen LogP contribution in [0.25, 0.3) is 0 Å². The zero-order chi connectivity index (χ0) is 20.7. The van der Waals surface area contributed by atoms with Crippen LogP contribution in [0.2, 0.25) is 0 Å². The van der Waals surface area contributed by atoms with Gasteiger partial charge >= 0.3 is 12.1 Å². The molecule has 0 bridgehead atoms. The molecule has 1 aromatic rings. The summed E-state index contributed by atoms with van der Waals surface area (Å²) >= 11 is 0. The zero-order valence-electron chi connectivity index (χ0n) is 16.5. The highest BCUT2D eigenvalue weighted by molar-refractivity contribution is 6.00. The van der Waals surface area contributed by atoms with Crippen molar-refractivity contribution in [3.8, 4) is 0 Å². The second kappa shape index (κ2) is 9.73. The number of hydrogen-bond donors (Lipinski definition) is 0. The summed E-state index contributed by atoms with van der Waals surface area (Å²) in [7, 11) is 2.79. The van der Waals surface area contributed by atoms with Gasteiger partial charge in [-0.2, -0.15) is 0 Å². The zero-order valence-corrected chi connectivity index (χ0v) is 16.5. The van der Waals surface area contributed by atoms with E-state index in [2.05, 4.69) is 6.58 Å². The Balaban J connectivity index is 2.12. The van der Waals surface area contributed by atoms with E-state index in [1.54, 1.807) is 12.2 Å². The molecule has 2 atom stereocenters. The van der Waals surface area contributed by atoms with Crippen molar-refractivity contribution in [3.63, 3.8) is 0 Å². The van der Waals surface area contributed by atoms with E-state index >= 15 is 0 Å². The third-order valence-corrected chi connectivity index (χ3v) is 4.56. The molecule has 7 heteroatoms. The number of nitrogens with zero attached hydrogens (tertiary/aromatic N) is 2. The molecule has 0 saturated carbocycles. The predicted molar refractivity (Wildman–Crippen MR) is 104 cm³/mol. The molecule has 7 nitrogen and oxygen atoms in total. The number of rotatable bonds is 8. The van der Waals surface area contributed by atoms with Gasteiger partial charge in [0.2, 0.25) is 0 Å². The molecule has 28 heavy (non-hydrogen) atoms. The third-order valence-electron chi connectivity index (χ3n) is 4.56. The summed E-state index contributed by atoms with van der Waals surface area (Å²) in [6.07, 6.45) is 3.68. The van der Waals surface area contributed by atoms with Crippen molar-refractivity contribution in [2.24, 2.45) is 0 Å². The number of benzene rings is 1. The first-order valence-corrected chi connectivity index (χ1v) is 9.12. The Morgan fingerprint density at radius 2 is 1.96 bits per heavy atom. The fraction of sp³-hybridized carbons (Fsp3) is 0.381. The minimum atomic E-state index is -0.730. The monoisotopic (exact) mass is 386 g/mol. The molecule has 150 valence electrons. The van der Waals surface area contributed by atoms with Crippen LogP contribution in [0.1, 0.15) is 25.3 Å². The van der Waals surface area contributed by atoms with Crippen LogP contribution in [-0.4, -0.2) is 54.0 Å². The Morgan fingerprint density at radius 3 is 2.54 bits per heavy atom. The Bertz CT molecular complexity index is 759. The number of amides is 2. The van der Waals surface area contributed by atoms with Gasteiger partial charge in [0.05, 0.1) is 13.2 Å². The molecule has 2 rings (SSSR count). The van der Waals surface area contributed by atoms with Crippen LogP contribution in [0.4, 0.5) is 4.79 Å². The van der Waals surface area contributed by atoms with Gasteiger partial charge in [-0.3, -0.25) is 14.6 Å². The van der Waals surface area contributed by atoms with Gasteiger partial charge in [0.1, 0.15) is 18.3 Å². The summed E-state index contributed by atoms with van der Waals surface area (Å²) < 4.78 is 10.1. The molecule has 0 spiro atoms. The molecule has 0 aliphatic carbocycles. The molecular weight excluding hydrogens is 360 g/mol. The van der Waals surface area contributed by atoms with Crippen molar-refractivity contribution in [2.45, 2.75) is 38.5 Å². The van der Waals surface area contributed by atoms with Crippen molar-refractivity contribution in [3.05, 3.63) is 60.3 Å². The highest BCUT2D eigenvalue weighted by atomic mass is 16.6. The normalized spacial score (nSPS) is 18.9. The number of esters is 1. The van der Waals surface area contributed by atoms with E-state index < -0.39 is 24.1 Å². The number of β-lactam (4-membered cyclic amide) rings is 1. The molecule has 1 fully saturated rings. The van der Waals surface area contributed by atoms with Crippen LogP contribution in [0.3, 0.4) is 0 Å². The van der Waals surface area contributed by atoms with Gasteiger partial charge in [0.25, 0.3) is 5.91 Å². The maximum atomic E-state index is 12.8. The van der Waals surface area contributed by atoms with Gasteiger partial charge < -0.3 is 9.47 Å². The number of ether oxygens (including phenoxy) is 2. The van der Waals surface area contributed by atoms with Crippen LogP contribution in [0.5, 0.6) is 0 Å². The smallest absolute Gasteiger partial charge is 0.410 e. The Morgan fingerprint density at radius 1 is 1.29 bits per heavy atom. The van der Waals surface area contributed by atoms with Gasteiger partial charge in [-0.1, -0.05) is 49.4 Å². The van der Waals surface area contributed by atoms with Crippen molar-refractivity contribution in [1.29, 1.82) is 0 Å². The average molecular weight is 386 g/mol. The first-order chi connectivity index (χ1) is 13.5. The number of carbonyl (C=O) groups is 3. The molecule has 0 N–H and O–H groups in total. The van der Waals surface area contributed by atoms with E-state index in [9.17, 15) is 14.4 Å². The molecule has 1 heterocycles. The van der Waals surface area contributed by atoms with E-state index in [1.165, 1.54) is 24.0 Å². The molecule has 0 unspecified atom stereocenters. The third kappa shape index (κ3) is 4.42. The summed E-state index contributed by atoms with van der Waals surface area (Å²) in [5, 5.41) is 0. The summed E-state index contributed by atoms with van der Waals surface area (Å²) in [6.45, 7) is 5.70. The van der Waals surface area contributed by atoms with Gasteiger partial charge in [0, 0.05) is 7.05 Å². The predicted octanol–water partition coefficient (Wildman–Crippen LogP) is 2.88. The topological polar surface area (TPSA) is 76.2 Å². The maximum absolute atomic E-state index is 12.8. The second-order valence-electron chi connectivity index (χ2n) is 6.39. The molecular formula is C21H26N2O5.